The molecule has 0 aliphatic rings. The van der Waals surface area contributed by atoms with Crippen molar-refractivity contribution in [2.45, 2.75) is 25.8 Å². The lowest BCUT2D eigenvalue weighted by molar-refractivity contribution is -0.384. The summed E-state index contributed by atoms with van der Waals surface area (Å²) in [5.74, 6) is -1.04. The highest BCUT2D eigenvalue weighted by molar-refractivity contribution is 5.75. The van der Waals surface area contributed by atoms with Crippen LogP contribution in [0.4, 0.5) is 5.69 Å². The van der Waals surface area contributed by atoms with Crippen LogP contribution >= 0.6 is 0 Å². The van der Waals surface area contributed by atoms with Gasteiger partial charge in [-0.15, -0.1) is 0 Å². The quantitative estimate of drug-likeness (QED) is 0.440. The number of non-ortho nitro benzene ring substituents is 1. The number of rotatable bonds is 7. The van der Waals surface area contributed by atoms with E-state index >= 15 is 0 Å². The Kier molecular flexibility index (Phi) is 5.26. The Bertz CT molecular complexity index is 434. The van der Waals surface area contributed by atoms with Crippen LogP contribution in [-0.2, 0) is 4.79 Å². The van der Waals surface area contributed by atoms with E-state index in [9.17, 15) is 14.9 Å². The van der Waals surface area contributed by atoms with E-state index in [1.165, 1.54) is 18.2 Å². The second-order valence-electron chi connectivity index (χ2n) is 3.93. The normalized spacial score (nSPS) is 12.1. The molecule has 0 spiro atoms. The smallest absolute Gasteiger partial charge is 0.325 e. The van der Waals surface area contributed by atoms with E-state index in [2.05, 4.69) is 5.32 Å². The molecule has 0 aliphatic carbocycles. The zero-order valence-corrected chi connectivity index (χ0v) is 10.1. The largest absolute Gasteiger partial charge is 0.480 e. The maximum absolute atomic E-state index is 11.1. The summed E-state index contributed by atoms with van der Waals surface area (Å²) in [7, 11) is 0. The standard InChI is InChI=1S/C12H16N2O4/c1-2-3-7-13-11(12(15)16)9-5-4-6-10(8-9)14(17)18/h4-6,8,11,13H,2-3,7H2,1H3,(H,15,16). The molecule has 1 aromatic rings. The summed E-state index contributed by atoms with van der Waals surface area (Å²) in [6.07, 6.45) is 1.81. The Morgan fingerprint density at radius 3 is 2.83 bits per heavy atom. The summed E-state index contributed by atoms with van der Waals surface area (Å²) < 4.78 is 0. The van der Waals surface area contributed by atoms with Crippen LogP contribution in [0.1, 0.15) is 31.4 Å². The molecule has 0 heterocycles. The van der Waals surface area contributed by atoms with Crippen molar-refractivity contribution in [1.82, 2.24) is 5.32 Å². The number of benzene rings is 1. The van der Waals surface area contributed by atoms with Crippen LogP contribution in [0.15, 0.2) is 24.3 Å². The molecule has 0 aromatic heterocycles. The van der Waals surface area contributed by atoms with Crippen molar-refractivity contribution in [3.8, 4) is 0 Å². The number of carboxylic acids is 1. The van der Waals surface area contributed by atoms with Crippen molar-refractivity contribution in [1.29, 1.82) is 0 Å². The molecule has 1 aromatic carbocycles. The minimum absolute atomic E-state index is 0.101. The molecule has 1 unspecified atom stereocenters. The number of carboxylic acid groups (broad SMARTS) is 1. The van der Waals surface area contributed by atoms with Crippen LogP contribution in [0.5, 0.6) is 0 Å². The summed E-state index contributed by atoms with van der Waals surface area (Å²) in [4.78, 5) is 21.3. The Hall–Kier alpha value is -1.95. The number of hydrogen-bond donors (Lipinski definition) is 2. The van der Waals surface area contributed by atoms with Gasteiger partial charge < -0.3 is 10.4 Å². The third kappa shape index (κ3) is 3.81. The van der Waals surface area contributed by atoms with Crippen LogP contribution in [0.25, 0.3) is 0 Å². The number of nitro benzene ring substituents is 1. The highest BCUT2D eigenvalue weighted by Crippen LogP contribution is 2.19. The predicted molar refractivity (Wildman–Crippen MR) is 66.4 cm³/mol. The first-order valence-corrected chi connectivity index (χ1v) is 5.76. The Labute approximate surface area is 105 Å². The second kappa shape index (κ2) is 6.70. The molecular weight excluding hydrogens is 236 g/mol. The first-order chi connectivity index (χ1) is 8.56. The van der Waals surface area contributed by atoms with Crippen molar-refractivity contribution in [2.24, 2.45) is 0 Å². The summed E-state index contributed by atoms with van der Waals surface area (Å²) in [5, 5.41) is 22.6. The summed E-state index contributed by atoms with van der Waals surface area (Å²) in [6, 6.07) is 4.79. The minimum Gasteiger partial charge on any atom is -0.480 e. The lowest BCUT2D eigenvalue weighted by Gasteiger charge is -2.14. The van der Waals surface area contributed by atoms with Crippen molar-refractivity contribution in [2.75, 3.05) is 6.54 Å². The van der Waals surface area contributed by atoms with E-state index in [-0.39, 0.29) is 5.69 Å². The Morgan fingerprint density at radius 1 is 1.56 bits per heavy atom. The van der Waals surface area contributed by atoms with Gasteiger partial charge in [0.2, 0.25) is 0 Å². The molecule has 0 amide bonds. The maximum Gasteiger partial charge on any atom is 0.325 e. The van der Waals surface area contributed by atoms with E-state index in [1.54, 1.807) is 6.07 Å². The van der Waals surface area contributed by atoms with Crippen molar-refractivity contribution >= 4 is 11.7 Å². The van der Waals surface area contributed by atoms with E-state index in [0.29, 0.717) is 12.1 Å². The number of nitrogens with one attached hydrogen (secondary N) is 1. The zero-order valence-electron chi connectivity index (χ0n) is 10.1. The number of carbonyl (C=O) groups is 1. The fraction of sp³-hybridized carbons (Fsp3) is 0.417. The van der Waals surface area contributed by atoms with Gasteiger partial charge in [0.25, 0.3) is 5.69 Å². The molecule has 0 saturated heterocycles. The first kappa shape index (κ1) is 14.1. The number of nitro groups is 1. The van der Waals surface area contributed by atoms with Gasteiger partial charge in [0.05, 0.1) is 4.92 Å². The molecule has 0 saturated carbocycles. The van der Waals surface area contributed by atoms with Gasteiger partial charge in [0.1, 0.15) is 6.04 Å². The van der Waals surface area contributed by atoms with Crippen LogP contribution in [0, 0.1) is 10.1 Å². The molecule has 1 atom stereocenters. The molecule has 0 fully saturated rings. The van der Waals surface area contributed by atoms with Gasteiger partial charge in [0, 0.05) is 12.1 Å². The third-order valence-corrected chi connectivity index (χ3v) is 2.54. The number of hydrogen-bond acceptors (Lipinski definition) is 4. The molecule has 0 aliphatic heterocycles. The summed E-state index contributed by atoms with van der Waals surface area (Å²) in [5.41, 5.74) is 0.295. The average molecular weight is 252 g/mol. The van der Waals surface area contributed by atoms with E-state index in [0.717, 1.165) is 12.8 Å². The number of unbranched alkanes of at least 4 members (excludes halogenated alkanes) is 1. The van der Waals surface area contributed by atoms with E-state index in [1.807, 2.05) is 6.92 Å². The molecule has 2 N–H and O–H groups in total. The van der Waals surface area contributed by atoms with Crippen LogP contribution in [-0.4, -0.2) is 22.5 Å². The molecule has 0 bridgehead atoms. The van der Waals surface area contributed by atoms with Gasteiger partial charge in [0.15, 0.2) is 0 Å². The van der Waals surface area contributed by atoms with Crippen molar-refractivity contribution in [3.63, 3.8) is 0 Å². The molecule has 6 nitrogen and oxygen atoms in total. The van der Waals surface area contributed by atoms with Gasteiger partial charge in [-0.2, -0.15) is 0 Å². The van der Waals surface area contributed by atoms with Gasteiger partial charge in [-0.05, 0) is 18.5 Å². The van der Waals surface area contributed by atoms with Crippen LogP contribution in [0.3, 0.4) is 0 Å². The van der Waals surface area contributed by atoms with E-state index in [4.69, 9.17) is 5.11 Å². The minimum atomic E-state index is -1.04. The highest BCUT2D eigenvalue weighted by atomic mass is 16.6. The SMILES string of the molecule is CCCCNC(C(=O)O)c1cccc([N+](=O)[O-])c1. The molecule has 98 valence electrons. The van der Waals surface area contributed by atoms with Crippen LogP contribution < -0.4 is 5.32 Å². The third-order valence-electron chi connectivity index (χ3n) is 2.54. The van der Waals surface area contributed by atoms with Gasteiger partial charge in [-0.25, -0.2) is 0 Å². The summed E-state index contributed by atoms with van der Waals surface area (Å²) >= 11 is 0. The molecular formula is C12H16N2O4. The lowest BCUT2D eigenvalue weighted by atomic mass is 10.1. The lowest BCUT2D eigenvalue weighted by Crippen LogP contribution is -2.29. The highest BCUT2D eigenvalue weighted by Gasteiger charge is 2.20. The zero-order chi connectivity index (χ0) is 13.5. The monoisotopic (exact) mass is 252 g/mol. The molecule has 0 radical (unpaired) electrons. The predicted octanol–water partition coefficient (Wildman–Crippen LogP) is 2.11. The number of nitrogens with zero attached hydrogens (tertiary/aromatic N) is 1. The Balaban J connectivity index is 2.88. The van der Waals surface area contributed by atoms with Crippen molar-refractivity contribution < 1.29 is 14.8 Å². The molecule has 1 rings (SSSR count). The number of aliphatic carboxylic acids is 1. The molecule has 6 heteroatoms. The summed E-state index contributed by atoms with van der Waals surface area (Å²) in [6.45, 7) is 2.57. The average Bonchev–Trinajstić information content (AvgIpc) is 2.34. The Morgan fingerprint density at radius 2 is 2.28 bits per heavy atom. The maximum atomic E-state index is 11.1. The molecule has 18 heavy (non-hydrogen) atoms. The van der Waals surface area contributed by atoms with Crippen LogP contribution in [0.2, 0.25) is 0 Å². The fourth-order valence-electron chi connectivity index (χ4n) is 1.59. The van der Waals surface area contributed by atoms with Gasteiger partial charge >= 0.3 is 5.97 Å². The topological polar surface area (TPSA) is 92.5 Å². The van der Waals surface area contributed by atoms with Gasteiger partial charge in [-0.3, -0.25) is 14.9 Å². The van der Waals surface area contributed by atoms with E-state index < -0.39 is 16.9 Å². The van der Waals surface area contributed by atoms with Crippen molar-refractivity contribution in [3.05, 3.63) is 39.9 Å². The van der Waals surface area contributed by atoms with Gasteiger partial charge in [-0.1, -0.05) is 25.5 Å². The fourth-order valence-corrected chi connectivity index (χ4v) is 1.59. The first-order valence-electron chi connectivity index (χ1n) is 5.76. The second-order valence-corrected chi connectivity index (χ2v) is 3.93.